The van der Waals surface area contributed by atoms with Crippen LogP contribution in [-0.2, 0) is 22.5 Å². The third-order valence-corrected chi connectivity index (χ3v) is 5.35. The van der Waals surface area contributed by atoms with Gasteiger partial charge in [0.05, 0.1) is 18.7 Å². The molecule has 0 saturated heterocycles. The van der Waals surface area contributed by atoms with Gasteiger partial charge in [0.25, 0.3) is 0 Å². The Morgan fingerprint density at radius 3 is 2.62 bits per heavy atom. The number of methoxy groups -OCH3 is 1. The molecular formula is C22H22FN3O3. The molecule has 0 bridgehead atoms. The highest BCUT2D eigenvalue weighted by Crippen LogP contribution is 2.29. The van der Waals surface area contributed by atoms with Gasteiger partial charge in [0.1, 0.15) is 5.82 Å². The molecule has 0 aliphatic carbocycles. The molecule has 0 unspecified atom stereocenters. The molecule has 7 heteroatoms. The molecule has 2 aliphatic rings. The van der Waals surface area contributed by atoms with Crippen LogP contribution in [0.25, 0.3) is 0 Å². The minimum Gasteiger partial charge on any atom is -0.466 e. The van der Waals surface area contributed by atoms with Gasteiger partial charge in [-0.05, 0) is 35.2 Å². The molecule has 2 aromatic carbocycles. The van der Waals surface area contributed by atoms with Crippen molar-refractivity contribution in [1.29, 1.82) is 0 Å². The Labute approximate surface area is 168 Å². The van der Waals surface area contributed by atoms with E-state index in [0.717, 1.165) is 19.5 Å². The zero-order valence-corrected chi connectivity index (χ0v) is 16.1. The molecule has 0 radical (unpaired) electrons. The lowest BCUT2D eigenvalue weighted by atomic mass is 9.94. The van der Waals surface area contributed by atoms with E-state index in [0.29, 0.717) is 23.4 Å². The molecule has 0 saturated carbocycles. The Morgan fingerprint density at radius 1 is 1.17 bits per heavy atom. The van der Waals surface area contributed by atoms with Gasteiger partial charge in [0.2, 0.25) is 0 Å². The van der Waals surface area contributed by atoms with Gasteiger partial charge in [-0.1, -0.05) is 36.4 Å². The van der Waals surface area contributed by atoms with E-state index < -0.39 is 18.0 Å². The lowest BCUT2D eigenvalue weighted by molar-refractivity contribution is -0.136. The molecule has 2 heterocycles. The highest BCUT2D eigenvalue weighted by Gasteiger charge is 2.34. The summed E-state index contributed by atoms with van der Waals surface area (Å²) in [4.78, 5) is 27.1. The predicted molar refractivity (Wildman–Crippen MR) is 105 cm³/mol. The fourth-order valence-electron chi connectivity index (χ4n) is 3.91. The zero-order valence-electron chi connectivity index (χ0n) is 16.1. The summed E-state index contributed by atoms with van der Waals surface area (Å²) in [7, 11) is 1.31. The number of urea groups is 1. The van der Waals surface area contributed by atoms with E-state index >= 15 is 0 Å². The molecule has 0 spiro atoms. The largest absolute Gasteiger partial charge is 0.466 e. The monoisotopic (exact) mass is 395 g/mol. The van der Waals surface area contributed by atoms with Crippen LogP contribution >= 0.6 is 0 Å². The van der Waals surface area contributed by atoms with Gasteiger partial charge in [-0.15, -0.1) is 0 Å². The van der Waals surface area contributed by atoms with Gasteiger partial charge in [-0.25, -0.2) is 14.0 Å². The maximum Gasteiger partial charge on any atom is 0.338 e. The first-order valence-electron chi connectivity index (χ1n) is 9.48. The summed E-state index contributed by atoms with van der Waals surface area (Å²) in [6, 6.07) is 12.9. The van der Waals surface area contributed by atoms with E-state index in [1.807, 2.05) is 12.1 Å². The fraction of sp³-hybridized carbons (Fsp3) is 0.273. The Kier molecular flexibility index (Phi) is 5.31. The van der Waals surface area contributed by atoms with Crippen molar-refractivity contribution in [1.82, 2.24) is 15.5 Å². The van der Waals surface area contributed by atoms with Gasteiger partial charge < -0.3 is 15.4 Å². The molecule has 1 atom stereocenters. The average molecular weight is 395 g/mol. The summed E-state index contributed by atoms with van der Waals surface area (Å²) in [5, 5.41) is 5.53. The normalized spacial score (nSPS) is 19.2. The summed E-state index contributed by atoms with van der Waals surface area (Å²) >= 11 is 0. The van der Waals surface area contributed by atoms with Gasteiger partial charge in [0.15, 0.2) is 0 Å². The van der Waals surface area contributed by atoms with Crippen molar-refractivity contribution in [3.8, 4) is 0 Å². The molecule has 4 rings (SSSR count). The summed E-state index contributed by atoms with van der Waals surface area (Å²) in [5.74, 6) is -0.913. The van der Waals surface area contributed by atoms with E-state index in [-0.39, 0.29) is 5.82 Å². The number of nitrogens with one attached hydrogen (secondary N) is 2. The Balaban J connectivity index is 1.66. The van der Waals surface area contributed by atoms with Crippen LogP contribution in [-0.4, -0.2) is 37.1 Å². The van der Waals surface area contributed by atoms with E-state index in [2.05, 4.69) is 27.7 Å². The quantitative estimate of drug-likeness (QED) is 0.781. The number of hydrogen-bond acceptors (Lipinski definition) is 4. The second-order valence-corrected chi connectivity index (χ2v) is 7.20. The molecule has 0 aromatic heterocycles. The van der Waals surface area contributed by atoms with Crippen LogP contribution in [0.5, 0.6) is 0 Å². The number of carbonyl (C=O) groups is 2. The topological polar surface area (TPSA) is 70.7 Å². The molecular weight excluding hydrogens is 373 g/mol. The minimum atomic E-state index is -0.705. The van der Waals surface area contributed by atoms with Crippen LogP contribution in [0, 0.1) is 5.82 Å². The zero-order chi connectivity index (χ0) is 20.4. The van der Waals surface area contributed by atoms with Gasteiger partial charge in [-0.3, -0.25) is 4.90 Å². The minimum absolute atomic E-state index is 0.331. The Hall–Kier alpha value is -3.19. The van der Waals surface area contributed by atoms with Crippen LogP contribution in [0.4, 0.5) is 9.18 Å². The van der Waals surface area contributed by atoms with E-state index in [9.17, 15) is 14.0 Å². The number of esters is 1. The summed E-state index contributed by atoms with van der Waals surface area (Å²) in [6.45, 7) is 1.96. The van der Waals surface area contributed by atoms with Crippen LogP contribution in [0.15, 0.2) is 59.8 Å². The summed E-state index contributed by atoms with van der Waals surface area (Å²) in [5.41, 5.74) is 4.02. The number of halogens is 1. The molecule has 150 valence electrons. The van der Waals surface area contributed by atoms with Crippen LogP contribution in [0.1, 0.15) is 22.7 Å². The third kappa shape index (κ3) is 4.00. The van der Waals surface area contributed by atoms with Gasteiger partial charge >= 0.3 is 12.0 Å². The summed E-state index contributed by atoms with van der Waals surface area (Å²) in [6.07, 6.45) is 0.907. The number of rotatable bonds is 4. The van der Waals surface area contributed by atoms with Gasteiger partial charge in [0, 0.05) is 25.3 Å². The van der Waals surface area contributed by atoms with Crippen molar-refractivity contribution < 1.29 is 18.7 Å². The first-order valence-corrected chi connectivity index (χ1v) is 9.48. The second-order valence-electron chi connectivity index (χ2n) is 7.20. The SMILES string of the molecule is COC(=O)C1=C(CN2CCc3ccccc3C2)NC(=O)N[C@@H]1c1ccc(F)cc1. The molecule has 0 fully saturated rings. The molecule has 6 nitrogen and oxygen atoms in total. The Bertz CT molecular complexity index is 972. The Morgan fingerprint density at radius 2 is 1.90 bits per heavy atom. The number of carbonyl (C=O) groups excluding carboxylic acids is 2. The average Bonchev–Trinajstić information content (AvgIpc) is 2.73. The van der Waals surface area contributed by atoms with E-state index in [1.165, 1.54) is 30.4 Å². The standard InChI is InChI=1S/C22H22FN3O3/c1-29-21(27)19-18(13-26-11-10-14-4-2-3-5-16(14)12-26)24-22(28)25-20(19)15-6-8-17(23)9-7-15/h2-9,20H,10-13H2,1H3,(H2,24,25,28)/t20-/m1/s1. The molecule has 2 aliphatic heterocycles. The number of benzene rings is 2. The first kappa shape index (κ1) is 19.1. The number of hydrogen-bond donors (Lipinski definition) is 2. The fourth-order valence-corrected chi connectivity index (χ4v) is 3.91. The van der Waals surface area contributed by atoms with E-state index in [1.54, 1.807) is 12.1 Å². The highest BCUT2D eigenvalue weighted by molar-refractivity contribution is 5.95. The van der Waals surface area contributed by atoms with E-state index in [4.69, 9.17) is 4.74 Å². The van der Waals surface area contributed by atoms with Crippen LogP contribution in [0.3, 0.4) is 0 Å². The maximum absolute atomic E-state index is 13.3. The number of nitrogens with zero attached hydrogens (tertiary/aromatic N) is 1. The molecule has 2 N–H and O–H groups in total. The predicted octanol–water partition coefficient (Wildman–Crippen LogP) is 2.67. The van der Waals surface area contributed by atoms with Crippen LogP contribution < -0.4 is 10.6 Å². The molecule has 2 amide bonds. The number of fused-ring (bicyclic) bond motifs is 1. The van der Waals surface area contributed by atoms with Crippen molar-refractivity contribution in [3.63, 3.8) is 0 Å². The van der Waals surface area contributed by atoms with Crippen molar-refractivity contribution in [2.24, 2.45) is 0 Å². The van der Waals surface area contributed by atoms with Crippen LogP contribution in [0.2, 0.25) is 0 Å². The highest BCUT2D eigenvalue weighted by atomic mass is 19.1. The lowest BCUT2D eigenvalue weighted by Crippen LogP contribution is -2.48. The number of ether oxygens (including phenoxy) is 1. The smallest absolute Gasteiger partial charge is 0.338 e. The lowest BCUT2D eigenvalue weighted by Gasteiger charge is -2.34. The third-order valence-electron chi connectivity index (χ3n) is 5.35. The first-order chi connectivity index (χ1) is 14.0. The van der Waals surface area contributed by atoms with Crippen molar-refractivity contribution in [2.45, 2.75) is 19.0 Å². The maximum atomic E-state index is 13.3. The van der Waals surface area contributed by atoms with Crippen molar-refractivity contribution in [3.05, 3.63) is 82.3 Å². The molecule has 2 aromatic rings. The summed E-state index contributed by atoms with van der Waals surface area (Å²) < 4.78 is 18.3. The number of amides is 2. The van der Waals surface area contributed by atoms with Crippen molar-refractivity contribution in [2.75, 3.05) is 20.2 Å². The van der Waals surface area contributed by atoms with Gasteiger partial charge in [-0.2, -0.15) is 0 Å². The van der Waals surface area contributed by atoms with Crippen molar-refractivity contribution >= 4 is 12.0 Å². The molecule has 29 heavy (non-hydrogen) atoms. The second kappa shape index (κ2) is 8.05.